The Morgan fingerprint density at radius 3 is 2.53 bits per heavy atom. The lowest BCUT2D eigenvalue weighted by atomic mass is 9.99. The van der Waals surface area contributed by atoms with E-state index in [1.165, 1.54) is 0 Å². The molecule has 1 rings (SSSR count). The van der Waals surface area contributed by atoms with Gasteiger partial charge in [0.15, 0.2) is 0 Å². The molecule has 0 aromatic rings. The number of nitrogens with zero attached hydrogens (tertiary/aromatic N) is 1. The van der Waals surface area contributed by atoms with E-state index >= 15 is 0 Å². The van der Waals surface area contributed by atoms with E-state index in [2.05, 4.69) is 5.32 Å². The summed E-state index contributed by atoms with van der Waals surface area (Å²) in [4.78, 5) is 23.5. The molecule has 0 aromatic carbocycles. The van der Waals surface area contributed by atoms with Gasteiger partial charge < -0.3 is 10.1 Å². The van der Waals surface area contributed by atoms with Crippen LogP contribution in [0.5, 0.6) is 0 Å². The van der Waals surface area contributed by atoms with Gasteiger partial charge in [0.25, 0.3) is 5.91 Å². The molecule has 1 aliphatic heterocycles. The standard InChI is InChI=1S/C11H21N3O3/c1-11(2,3)17-10(16)14(12)9(15)8-5-4-6-13-7-8/h8,13H,4-7,12H2,1-3H3/t8-/m1/s1. The molecule has 6 heteroatoms. The summed E-state index contributed by atoms with van der Waals surface area (Å²) in [5.74, 6) is 4.86. The van der Waals surface area contributed by atoms with E-state index in [0.29, 0.717) is 11.6 Å². The predicted octanol–water partition coefficient (Wildman–Crippen LogP) is 0.623. The molecule has 0 spiro atoms. The summed E-state index contributed by atoms with van der Waals surface area (Å²) in [6.07, 6.45) is 0.869. The monoisotopic (exact) mass is 243 g/mol. The number of piperidine rings is 1. The van der Waals surface area contributed by atoms with E-state index in [4.69, 9.17) is 10.6 Å². The van der Waals surface area contributed by atoms with Crippen LogP contribution >= 0.6 is 0 Å². The van der Waals surface area contributed by atoms with Crippen molar-refractivity contribution >= 4 is 12.0 Å². The van der Waals surface area contributed by atoms with Gasteiger partial charge in [-0.25, -0.2) is 10.6 Å². The quantitative estimate of drug-likeness (QED) is 0.401. The summed E-state index contributed by atoms with van der Waals surface area (Å²) < 4.78 is 5.03. The third kappa shape index (κ3) is 4.32. The SMILES string of the molecule is CC(C)(C)OC(=O)N(N)C(=O)[C@@H]1CCCNC1. The Balaban J connectivity index is 2.53. The summed E-state index contributed by atoms with van der Waals surface area (Å²) in [6.45, 7) is 6.65. The van der Waals surface area contributed by atoms with E-state index in [9.17, 15) is 9.59 Å². The van der Waals surface area contributed by atoms with Crippen molar-refractivity contribution in [3.05, 3.63) is 0 Å². The van der Waals surface area contributed by atoms with Crippen LogP contribution in [-0.4, -0.2) is 35.7 Å². The third-order valence-corrected chi connectivity index (χ3v) is 2.47. The van der Waals surface area contributed by atoms with E-state index in [0.717, 1.165) is 19.4 Å². The number of imide groups is 1. The van der Waals surface area contributed by atoms with Crippen LogP contribution in [0.1, 0.15) is 33.6 Å². The Morgan fingerprint density at radius 2 is 2.06 bits per heavy atom. The minimum absolute atomic E-state index is 0.235. The summed E-state index contributed by atoms with van der Waals surface area (Å²) in [5.41, 5.74) is -0.653. The zero-order valence-electron chi connectivity index (χ0n) is 10.7. The van der Waals surface area contributed by atoms with Gasteiger partial charge in [0.05, 0.1) is 5.92 Å². The number of amides is 2. The molecular weight excluding hydrogens is 222 g/mol. The molecule has 1 saturated heterocycles. The molecule has 0 saturated carbocycles. The first-order valence-corrected chi connectivity index (χ1v) is 5.83. The molecule has 0 aliphatic carbocycles. The summed E-state index contributed by atoms with van der Waals surface area (Å²) >= 11 is 0. The molecule has 2 amide bonds. The van der Waals surface area contributed by atoms with Crippen LogP contribution in [0, 0.1) is 5.92 Å². The summed E-state index contributed by atoms with van der Waals surface area (Å²) in [7, 11) is 0. The van der Waals surface area contributed by atoms with Gasteiger partial charge in [-0.1, -0.05) is 0 Å². The lowest BCUT2D eigenvalue weighted by molar-refractivity contribution is -0.135. The largest absolute Gasteiger partial charge is 0.442 e. The lowest BCUT2D eigenvalue weighted by Crippen LogP contribution is -2.50. The van der Waals surface area contributed by atoms with Gasteiger partial charge >= 0.3 is 6.09 Å². The number of ether oxygens (including phenoxy) is 1. The molecule has 3 N–H and O–H groups in total. The van der Waals surface area contributed by atoms with Crippen molar-refractivity contribution in [2.75, 3.05) is 13.1 Å². The normalized spacial score (nSPS) is 20.8. The highest BCUT2D eigenvalue weighted by Gasteiger charge is 2.30. The van der Waals surface area contributed by atoms with Gasteiger partial charge in [-0.3, -0.25) is 4.79 Å². The maximum atomic E-state index is 11.9. The van der Waals surface area contributed by atoms with Crippen LogP contribution in [0.25, 0.3) is 0 Å². The highest BCUT2D eigenvalue weighted by atomic mass is 16.6. The van der Waals surface area contributed by atoms with Crippen LogP contribution < -0.4 is 11.2 Å². The lowest BCUT2D eigenvalue weighted by Gasteiger charge is -2.27. The molecule has 0 bridgehead atoms. The average Bonchev–Trinajstić information content (AvgIpc) is 2.26. The minimum Gasteiger partial charge on any atom is -0.442 e. The van der Waals surface area contributed by atoms with Crippen LogP contribution in [0.2, 0.25) is 0 Å². The highest BCUT2D eigenvalue weighted by molar-refractivity contribution is 5.92. The first kappa shape index (κ1) is 13.9. The van der Waals surface area contributed by atoms with E-state index in [1.807, 2.05) is 0 Å². The summed E-state index contributed by atoms with van der Waals surface area (Å²) in [6, 6.07) is 0. The molecule has 0 radical (unpaired) electrons. The number of hydrazine groups is 1. The van der Waals surface area contributed by atoms with Gasteiger partial charge in [-0.05, 0) is 40.2 Å². The van der Waals surface area contributed by atoms with E-state index in [1.54, 1.807) is 20.8 Å². The van der Waals surface area contributed by atoms with Crippen molar-refractivity contribution in [2.24, 2.45) is 11.8 Å². The molecule has 1 heterocycles. The number of nitrogens with one attached hydrogen (secondary N) is 1. The van der Waals surface area contributed by atoms with Crippen LogP contribution in [0.15, 0.2) is 0 Å². The Morgan fingerprint density at radius 1 is 1.41 bits per heavy atom. The maximum absolute atomic E-state index is 11.9. The smallest absolute Gasteiger partial charge is 0.431 e. The molecule has 1 atom stereocenters. The molecule has 1 aliphatic rings. The molecule has 6 nitrogen and oxygen atoms in total. The first-order valence-electron chi connectivity index (χ1n) is 5.83. The number of nitrogens with two attached hydrogens (primary N) is 1. The Labute approximate surface area is 101 Å². The fourth-order valence-corrected chi connectivity index (χ4v) is 1.66. The van der Waals surface area contributed by atoms with Crippen LogP contribution in [-0.2, 0) is 9.53 Å². The number of carbonyl (C=O) groups excluding carboxylic acids is 2. The molecular formula is C11H21N3O3. The second-order valence-corrected chi connectivity index (χ2v) is 5.23. The number of rotatable bonds is 1. The number of hydrogen-bond acceptors (Lipinski definition) is 5. The van der Waals surface area contributed by atoms with Crippen molar-refractivity contribution < 1.29 is 14.3 Å². The van der Waals surface area contributed by atoms with Crippen molar-refractivity contribution in [1.82, 2.24) is 10.3 Å². The van der Waals surface area contributed by atoms with E-state index < -0.39 is 11.7 Å². The van der Waals surface area contributed by atoms with E-state index in [-0.39, 0.29) is 11.8 Å². The highest BCUT2D eigenvalue weighted by Crippen LogP contribution is 2.14. The van der Waals surface area contributed by atoms with Gasteiger partial charge in [-0.15, -0.1) is 0 Å². The second-order valence-electron chi connectivity index (χ2n) is 5.23. The Bertz CT molecular complexity index is 293. The molecule has 1 fully saturated rings. The van der Waals surface area contributed by atoms with Crippen molar-refractivity contribution in [2.45, 2.75) is 39.2 Å². The topological polar surface area (TPSA) is 84.7 Å². The second kappa shape index (κ2) is 5.46. The summed E-state index contributed by atoms with van der Waals surface area (Å²) in [5, 5.41) is 3.69. The fraction of sp³-hybridized carbons (Fsp3) is 0.818. The minimum atomic E-state index is -0.798. The van der Waals surface area contributed by atoms with Gasteiger partial charge in [0, 0.05) is 6.54 Å². The Hall–Kier alpha value is -1.14. The van der Waals surface area contributed by atoms with Crippen molar-refractivity contribution in [3.8, 4) is 0 Å². The average molecular weight is 243 g/mol. The zero-order valence-corrected chi connectivity index (χ0v) is 10.7. The number of hydrogen-bond donors (Lipinski definition) is 2. The maximum Gasteiger partial charge on any atom is 0.431 e. The van der Waals surface area contributed by atoms with Gasteiger partial charge in [-0.2, -0.15) is 5.01 Å². The number of carbonyl (C=O) groups is 2. The van der Waals surface area contributed by atoms with Crippen molar-refractivity contribution in [3.63, 3.8) is 0 Å². The molecule has 0 aromatic heterocycles. The molecule has 0 unspecified atom stereocenters. The van der Waals surface area contributed by atoms with Gasteiger partial charge in [0.2, 0.25) is 0 Å². The third-order valence-electron chi connectivity index (χ3n) is 2.47. The fourth-order valence-electron chi connectivity index (χ4n) is 1.66. The molecule has 98 valence electrons. The zero-order chi connectivity index (χ0) is 13.1. The first-order chi connectivity index (χ1) is 7.81. The molecule has 17 heavy (non-hydrogen) atoms. The van der Waals surface area contributed by atoms with Crippen LogP contribution in [0.4, 0.5) is 4.79 Å². The predicted molar refractivity (Wildman–Crippen MR) is 62.9 cm³/mol. The van der Waals surface area contributed by atoms with Gasteiger partial charge in [0.1, 0.15) is 5.60 Å². The Kier molecular flexibility index (Phi) is 4.47. The van der Waals surface area contributed by atoms with Crippen molar-refractivity contribution in [1.29, 1.82) is 0 Å². The van der Waals surface area contributed by atoms with Crippen LogP contribution in [0.3, 0.4) is 0 Å².